The van der Waals surface area contributed by atoms with Crippen LogP contribution in [0.1, 0.15) is 49.9 Å². The Kier molecular flexibility index (Phi) is 7.90. The van der Waals surface area contributed by atoms with Gasteiger partial charge in [0.15, 0.2) is 0 Å². The van der Waals surface area contributed by atoms with Crippen LogP contribution >= 0.6 is 11.8 Å². The molecule has 0 unspecified atom stereocenters. The molecule has 4 nitrogen and oxygen atoms in total. The van der Waals surface area contributed by atoms with Gasteiger partial charge in [-0.15, -0.1) is 11.8 Å². The molecule has 0 radical (unpaired) electrons. The summed E-state index contributed by atoms with van der Waals surface area (Å²) in [5.41, 5.74) is 0.661. The molecule has 1 aromatic carbocycles. The molecule has 2 N–H and O–H groups in total. The predicted molar refractivity (Wildman–Crippen MR) is 85.9 cm³/mol. The summed E-state index contributed by atoms with van der Waals surface area (Å²) < 4.78 is 0. The molecule has 5 heteroatoms. The largest absolute Gasteiger partial charge is 0.481 e. The van der Waals surface area contributed by atoms with Gasteiger partial charge in [-0.25, -0.2) is 0 Å². The van der Waals surface area contributed by atoms with Gasteiger partial charge in [0.25, 0.3) is 5.91 Å². The normalized spacial score (nSPS) is 10.6. The fourth-order valence-electron chi connectivity index (χ4n) is 1.84. The standard InChI is InChI=1S/C16H23NO3S/c1-12(2)21-14-9-7-13(8-10-14)16(20)17-11-5-3-4-6-15(18)19/h7-10,12H,3-6,11H2,1-2H3,(H,17,20)(H,18,19). The van der Waals surface area contributed by atoms with Gasteiger partial charge < -0.3 is 10.4 Å². The molecule has 0 aliphatic rings. The zero-order valence-corrected chi connectivity index (χ0v) is 13.4. The van der Waals surface area contributed by atoms with Gasteiger partial charge >= 0.3 is 5.97 Å². The molecule has 0 saturated carbocycles. The minimum atomic E-state index is -0.765. The van der Waals surface area contributed by atoms with Gasteiger partial charge in [0.05, 0.1) is 0 Å². The first-order chi connectivity index (χ1) is 9.99. The van der Waals surface area contributed by atoms with Crippen LogP contribution in [-0.2, 0) is 4.79 Å². The van der Waals surface area contributed by atoms with Crippen LogP contribution in [0.3, 0.4) is 0 Å². The van der Waals surface area contributed by atoms with Crippen molar-refractivity contribution in [3.63, 3.8) is 0 Å². The van der Waals surface area contributed by atoms with E-state index in [0.717, 1.165) is 17.7 Å². The second-order valence-corrected chi connectivity index (χ2v) is 6.80. The Morgan fingerprint density at radius 3 is 2.38 bits per heavy atom. The van der Waals surface area contributed by atoms with E-state index >= 15 is 0 Å². The number of carbonyl (C=O) groups excluding carboxylic acids is 1. The first kappa shape index (κ1) is 17.6. The van der Waals surface area contributed by atoms with E-state index in [1.165, 1.54) is 0 Å². The van der Waals surface area contributed by atoms with Crippen LogP contribution in [0.25, 0.3) is 0 Å². The van der Waals surface area contributed by atoms with Crippen molar-refractivity contribution in [2.75, 3.05) is 6.54 Å². The second kappa shape index (κ2) is 9.45. The van der Waals surface area contributed by atoms with Crippen molar-refractivity contribution < 1.29 is 14.7 Å². The van der Waals surface area contributed by atoms with Crippen LogP contribution in [0.4, 0.5) is 0 Å². The highest BCUT2D eigenvalue weighted by Crippen LogP contribution is 2.22. The van der Waals surface area contributed by atoms with E-state index < -0.39 is 5.97 Å². The minimum Gasteiger partial charge on any atom is -0.481 e. The summed E-state index contributed by atoms with van der Waals surface area (Å²) in [6, 6.07) is 7.60. The van der Waals surface area contributed by atoms with Gasteiger partial charge in [0.2, 0.25) is 0 Å². The van der Waals surface area contributed by atoms with E-state index in [4.69, 9.17) is 5.11 Å². The lowest BCUT2D eigenvalue weighted by molar-refractivity contribution is -0.137. The van der Waals surface area contributed by atoms with Crippen molar-refractivity contribution in [2.45, 2.75) is 49.7 Å². The Labute approximate surface area is 130 Å². The maximum absolute atomic E-state index is 11.9. The van der Waals surface area contributed by atoms with Crippen LogP contribution in [-0.4, -0.2) is 28.8 Å². The number of amides is 1. The highest BCUT2D eigenvalue weighted by Gasteiger charge is 2.05. The minimum absolute atomic E-state index is 0.0747. The van der Waals surface area contributed by atoms with Gasteiger partial charge in [-0.05, 0) is 37.1 Å². The van der Waals surface area contributed by atoms with E-state index in [0.29, 0.717) is 23.8 Å². The summed E-state index contributed by atoms with van der Waals surface area (Å²) in [5, 5.41) is 11.9. The lowest BCUT2D eigenvalue weighted by Gasteiger charge is -2.07. The lowest BCUT2D eigenvalue weighted by atomic mass is 10.2. The van der Waals surface area contributed by atoms with Crippen molar-refractivity contribution in [1.29, 1.82) is 0 Å². The van der Waals surface area contributed by atoms with Crippen LogP contribution in [0.2, 0.25) is 0 Å². The Hall–Kier alpha value is -1.49. The fourth-order valence-corrected chi connectivity index (χ4v) is 2.68. The molecule has 21 heavy (non-hydrogen) atoms. The van der Waals surface area contributed by atoms with Gasteiger partial charge in [-0.1, -0.05) is 20.3 Å². The van der Waals surface area contributed by atoms with E-state index in [2.05, 4.69) is 19.2 Å². The van der Waals surface area contributed by atoms with Crippen molar-refractivity contribution in [3.8, 4) is 0 Å². The molecular weight excluding hydrogens is 286 g/mol. The van der Waals surface area contributed by atoms with Gasteiger partial charge in [0, 0.05) is 28.7 Å². The summed E-state index contributed by atoms with van der Waals surface area (Å²) in [7, 11) is 0. The summed E-state index contributed by atoms with van der Waals surface area (Å²) in [4.78, 5) is 23.4. The second-order valence-electron chi connectivity index (χ2n) is 5.15. The molecule has 0 aromatic heterocycles. The quantitative estimate of drug-likeness (QED) is 0.540. The van der Waals surface area contributed by atoms with Crippen LogP contribution in [0.15, 0.2) is 29.2 Å². The molecule has 0 aliphatic carbocycles. The molecule has 1 rings (SSSR count). The number of nitrogens with one attached hydrogen (secondary N) is 1. The van der Waals surface area contributed by atoms with Crippen molar-refractivity contribution >= 4 is 23.6 Å². The van der Waals surface area contributed by atoms with Crippen LogP contribution in [0, 0.1) is 0 Å². The molecule has 0 heterocycles. The number of carboxylic acids is 1. The molecule has 0 aliphatic heterocycles. The lowest BCUT2D eigenvalue weighted by Crippen LogP contribution is -2.24. The number of rotatable bonds is 9. The molecule has 0 atom stereocenters. The number of carbonyl (C=O) groups is 2. The highest BCUT2D eigenvalue weighted by atomic mass is 32.2. The molecule has 0 spiro atoms. The molecule has 1 amide bonds. The van der Waals surface area contributed by atoms with Gasteiger partial charge in [-0.2, -0.15) is 0 Å². The van der Waals surface area contributed by atoms with Gasteiger partial charge in [-0.3, -0.25) is 9.59 Å². The third-order valence-electron chi connectivity index (χ3n) is 2.84. The summed E-state index contributed by atoms with van der Waals surface area (Å²) in [5.74, 6) is -0.840. The predicted octanol–water partition coefficient (Wildman–Crippen LogP) is 3.56. The van der Waals surface area contributed by atoms with Crippen molar-refractivity contribution in [2.24, 2.45) is 0 Å². The topological polar surface area (TPSA) is 66.4 Å². The molecule has 0 bridgehead atoms. The number of benzene rings is 1. The molecular formula is C16H23NO3S. The average Bonchev–Trinajstić information content (AvgIpc) is 2.42. The number of unbranched alkanes of at least 4 members (excludes halogenated alkanes) is 2. The summed E-state index contributed by atoms with van der Waals surface area (Å²) in [6.45, 7) is 4.85. The number of thioether (sulfide) groups is 1. The number of aliphatic carboxylic acids is 1. The molecule has 116 valence electrons. The maximum Gasteiger partial charge on any atom is 0.303 e. The SMILES string of the molecule is CC(C)Sc1ccc(C(=O)NCCCCCC(=O)O)cc1. The third-order valence-corrected chi connectivity index (χ3v) is 3.86. The highest BCUT2D eigenvalue weighted by molar-refractivity contribution is 7.99. The Morgan fingerprint density at radius 2 is 1.81 bits per heavy atom. The summed E-state index contributed by atoms with van der Waals surface area (Å²) >= 11 is 1.77. The van der Waals surface area contributed by atoms with Crippen molar-refractivity contribution in [3.05, 3.63) is 29.8 Å². The van der Waals surface area contributed by atoms with Crippen LogP contribution < -0.4 is 5.32 Å². The van der Waals surface area contributed by atoms with E-state index in [9.17, 15) is 9.59 Å². The number of hydrogen-bond acceptors (Lipinski definition) is 3. The van der Waals surface area contributed by atoms with Crippen LogP contribution in [0.5, 0.6) is 0 Å². The average molecular weight is 309 g/mol. The Balaban J connectivity index is 2.27. The Morgan fingerprint density at radius 1 is 1.14 bits per heavy atom. The fraction of sp³-hybridized carbons (Fsp3) is 0.500. The van der Waals surface area contributed by atoms with E-state index in [1.54, 1.807) is 11.8 Å². The van der Waals surface area contributed by atoms with Gasteiger partial charge in [0.1, 0.15) is 0 Å². The zero-order valence-electron chi connectivity index (χ0n) is 12.6. The third kappa shape index (κ3) is 7.75. The molecule has 0 saturated heterocycles. The first-order valence-corrected chi connectivity index (χ1v) is 8.13. The first-order valence-electron chi connectivity index (χ1n) is 7.25. The number of carboxylic acid groups (broad SMARTS) is 1. The maximum atomic E-state index is 11.9. The molecule has 0 fully saturated rings. The van der Waals surface area contributed by atoms with E-state index in [1.807, 2.05) is 24.3 Å². The van der Waals surface area contributed by atoms with Crippen molar-refractivity contribution in [1.82, 2.24) is 5.32 Å². The molecule has 1 aromatic rings. The Bertz CT molecular complexity index is 457. The number of hydrogen-bond donors (Lipinski definition) is 2. The monoisotopic (exact) mass is 309 g/mol. The zero-order chi connectivity index (χ0) is 15.7. The van der Waals surface area contributed by atoms with E-state index in [-0.39, 0.29) is 12.3 Å². The smallest absolute Gasteiger partial charge is 0.303 e. The summed E-state index contributed by atoms with van der Waals surface area (Å²) in [6.07, 6.45) is 2.48.